The van der Waals surface area contributed by atoms with E-state index in [1.165, 1.54) is 0 Å². The summed E-state index contributed by atoms with van der Waals surface area (Å²) in [5.74, 6) is 0. The van der Waals surface area contributed by atoms with E-state index in [1.807, 2.05) is 0 Å². The van der Waals surface area contributed by atoms with E-state index >= 15 is 0 Å². The number of rotatable bonds is 2. The second kappa shape index (κ2) is 4.11. The summed E-state index contributed by atoms with van der Waals surface area (Å²) in [7, 11) is 0. The van der Waals surface area contributed by atoms with Gasteiger partial charge in [-0.2, -0.15) is 5.26 Å². The molecule has 14 heavy (non-hydrogen) atoms. The minimum absolute atomic E-state index is 0.116. The molecule has 0 aliphatic heterocycles. The van der Waals surface area contributed by atoms with Gasteiger partial charge in [0.2, 0.25) is 0 Å². The van der Waals surface area contributed by atoms with Crippen molar-refractivity contribution < 1.29 is 13.6 Å². The highest BCUT2D eigenvalue weighted by molar-refractivity contribution is 6.33. The van der Waals surface area contributed by atoms with Crippen LogP contribution >= 0.6 is 11.6 Å². The molecular weight excluding hydrogens is 214 g/mol. The van der Waals surface area contributed by atoms with Crippen molar-refractivity contribution in [2.75, 3.05) is 0 Å². The molecular formula is C8H3ClF2N2O. The van der Waals surface area contributed by atoms with Gasteiger partial charge < -0.3 is 0 Å². The van der Waals surface area contributed by atoms with E-state index < -0.39 is 17.1 Å². The maximum Gasteiger partial charge on any atom is 0.281 e. The number of aldehydes is 1. The second-order valence-corrected chi connectivity index (χ2v) is 2.69. The van der Waals surface area contributed by atoms with Crippen LogP contribution in [0.1, 0.15) is 28.0 Å². The molecule has 1 rings (SSSR count). The molecule has 0 saturated carbocycles. The van der Waals surface area contributed by atoms with Crippen LogP contribution in [0.25, 0.3) is 0 Å². The highest BCUT2D eigenvalue weighted by atomic mass is 35.5. The molecule has 0 aliphatic carbocycles. The average molecular weight is 217 g/mol. The van der Waals surface area contributed by atoms with Crippen LogP contribution in [0.2, 0.25) is 5.02 Å². The minimum atomic E-state index is -2.87. The van der Waals surface area contributed by atoms with Gasteiger partial charge in [0.25, 0.3) is 6.43 Å². The maximum absolute atomic E-state index is 12.2. The summed E-state index contributed by atoms with van der Waals surface area (Å²) in [6.45, 7) is 0. The molecule has 72 valence electrons. The molecule has 1 aromatic heterocycles. The number of pyridine rings is 1. The summed E-state index contributed by atoms with van der Waals surface area (Å²) in [6.07, 6.45) is -1.71. The average Bonchev–Trinajstić information content (AvgIpc) is 2.16. The number of hydrogen-bond acceptors (Lipinski definition) is 3. The topological polar surface area (TPSA) is 53.8 Å². The summed E-state index contributed by atoms with van der Waals surface area (Å²) < 4.78 is 24.5. The fourth-order valence-corrected chi connectivity index (χ4v) is 1.15. The van der Waals surface area contributed by atoms with Crippen LogP contribution < -0.4 is 0 Å². The van der Waals surface area contributed by atoms with Crippen LogP contribution in [0, 0.1) is 11.3 Å². The van der Waals surface area contributed by atoms with Crippen molar-refractivity contribution in [2.24, 2.45) is 0 Å². The van der Waals surface area contributed by atoms with Crippen LogP contribution in [0.15, 0.2) is 6.20 Å². The molecule has 0 spiro atoms. The zero-order valence-corrected chi connectivity index (χ0v) is 7.42. The summed E-state index contributed by atoms with van der Waals surface area (Å²) in [6, 6.07) is 1.63. The van der Waals surface area contributed by atoms with E-state index in [1.54, 1.807) is 6.07 Å². The number of aromatic nitrogens is 1. The third-order valence-corrected chi connectivity index (χ3v) is 1.93. The van der Waals surface area contributed by atoms with Crippen molar-refractivity contribution in [1.29, 1.82) is 5.26 Å². The van der Waals surface area contributed by atoms with Crippen molar-refractivity contribution in [3.63, 3.8) is 0 Å². The lowest BCUT2D eigenvalue weighted by atomic mass is 10.1. The Morgan fingerprint density at radius 2 is 2.29 bits per heavy atom. The van der Waals surface area contributed by atoms with E-state index in [-0.39, 0.29) is 17.4 Å². The van der Waals surface area contributed by atoms with Crippen molar-refractivity contribution in [1.82, 2.24) is 4.98 Å². The molecule has 6 heteroatoms. The van der Waals surface area contributed by atoms with Gasteiger partial charge in [-0.3, -0.25) is 9.78 Å². The molecule has 0 radical (unpaired) electrons. The maximum atomic E-state index is 12.2. The first kappa shape index (κ1) is 10.5. The quantitative estimate of drug-likeness (QED) is 0.713. The van der Waals surface area contributed by atoms with E-state index in [0.717, 1.165) is 6.20 Å². The first-order chi connectivity index (χ1) is 6.61. The monoisotopic (exact) mass is 216 g/mol. The molecule has 0 unspecified atom stereocenters. The molecule has 0 amide bonds. The fourth-order valence-electron chi connectivity index (χ4n) is 0.873. The Kier molecular flexibility index (Phi) is 3.10. The lowest BCUT2D eigenvalue weighted by Gasteiger charge is -2.04. The summed E-state index contributed by atoms with van der Waals surface area (Å²) in [4.78, 5) is 13.8. The molecule has 0 bridgehead atoms. The smallest absolute Gasteiger partial charge is 0.281 e. The lowest BCUT2D eigenvalue weighted by molar-refractivity contribution is 0.112. The SMILES string of the molecule is N#Cc1cnc(C(F)F)c(Cl)c1C=O. The third kappa shape index (κ3) is 1.70. The van der Waals surface area contributed by atoms with Gasteiger partial charge in [0.15, 0.2) is 6.29 Å². The normalized spacial score (nSPS) is 9.93. The van der Waals surface area contributed by atoms with Crippen LogP contribution in [-0.4, -0.2) is 11.3 Å². The number of hydrogen-bond donors (Lipinski definition) is 0. The zero-order chi connectivity index (χ0) is 10.7. The van der Waals surface area contributed by atoms with Gasteiger partial charge >= 0.3 is 0 Å². The van der Waals surface area contributed by atoms with E-state index in [2.05, 4.69) is 4.98 Å². The number of nitrogens with zero attached hydrogens (tertiary/aromatic N) is 2. The second-order valence-electron chi connectivity index (χ2n) is 2.32. The molecule has 1 aromatic rings. The van der Waals surface area contributed by atoms with Crippen LogP contribution in [0.4, 0.5) is 8.78 Å². The van der Waals surface area contributed by atoms with Crippen molar-refractivity contribution in [3.8, 4) is 6.07 Å². The lowest BCUT2D eigenvalue weighted by Crippen LogP contribution is -1.98. The van der Waals surface area contributed by atoms with Crippen LogP contribution in [-0.2, 0) is 0 Å². The Labute approximate surface area is 82.9 Å². The highest BCUT2D eigenvalue weighted by Gasteiger charge is 2.18. The highest BCUT2D eigenvalue weighted by Crippen LogP contribution is 2.28. The molecule has 0 aromatic carbocycles. The Bertz CT molecular complexity index is 415. The predicted octanol–water partition coefficient (Wildman–Crippen LogP) is 2.36. The fraction of sp³-hybridized carbons (Fsp3) is 0.125. The van der Waals surface area contributed by atoms with Gasteiger partial charge in [-0.05, 0) is 0 Å². The van der Waals surface area contributed by atoms with E-state index in [0.29, 0.717) is 0 Å². The Morgan fingerprint density at radius 1 is 1.64 bits per heavy atom. The summed E-state index contributed by atoms with van der Waals surface area (Å²) in [5.41, 5.74) is -1.05. The molecule has 0 aliphatic rings. The Morgan fingerprint density at radius 3 is 2.71 bits per heavy atom. The molecule has 0 N–H and O–H groups in total. The third-order valence-electron chi connectivity index (χ3n) is 1.53. The Hall–Kier alpha value is -1.54. The Balaban J connectivity index is 3.44. The number of halogens is 3. The first-order valence-electron chi connectivity index (χ1n) is 3.43. The van der Waals surface area contributed by atoms with Gasteiger partial charge in [-0.1, -0.05) is 11.6 Å². The standard InChI is InChI=1S/C8H3ClF2N2O/c9-6-5(3-14)4(1-12)2-13-7(6)8(10)11/h2-3,8H. The van der Waals surface area contributed by atoms with E-state index in [9.17, 15) is 13.6 Å². The van der Waals surface area contributed by atoms with Crippen molar-refractivity contribution in [3.05, 3.63) is 28.0 Å². The minimum Gasteiger partial charge on any atom is -0.298 e. The predicted molar refractivity (Wildman–Crippen MR) is 44.3 cm³/mol. The number of carbonyl (C=O) groups excluding carboxylic acids is 1. The van der Waals surface area contributed by atoms with Gasteiger partial charge in [0, 0.05) is 6.20 Å². The van der Waals surface area contributed by atoms with E-state index in [4.69, 9.17) is 16.9 Å². The van der Waals surface area contributed by atoms with Crippen molar-refractivity contribution in [2.45, 2.75) is 6.43 Å². The molecule has 0 atom stereocenters. The summed E-state index contributed by atoms with van der Waals surface area (Å²) in [5, 5.41) is 8.04. The summed E-state index contributed by atoms with van der Waals surface area (Å²) >= 11 is 5.46. The number of nitriles is 1. The molecule has 1 heterocycles. The zero-order valence-electron chi connectivity index (χ0n) is 6.67. The first-order valence-corrected chi connectivity index (χ1v) is 3.81. The molecule has 0 fully saturated rings. The van der Waals surface area contributed by atoms with Gasteiger partial charge in [0.05, 0.1) is 16.1 Å². The van der Waals surface area contributed by atoms with Gasteiger partial charge in [0.1, 0.15) is 11.8 Å². The number of alkyl halides is 2. The van der Waals surface area contributed by atoms with Gasteiger partial charge in [-0.15, -0.1) is 0 Å². The van der Waals surface area contributed by atoms with Gasteiger partial charge in [-0.25, -0.2) is 8.78 Å². The largest absolute Gasteiger partial charge is 0.298 e. The molecule has 3 nitrogen and oxygen atoms in total. The van der Waals surface area contributed by atoms with Crippen molar-refractivity contribution >= 4 is 17.9 Å². The van der Waals surface area contributed by atoms with Crippen LogP contribution in [0.5, 0.6) is 0 Å². The van der Waals surface area contributed by atoms with Crippen LogP contribution in [0.3, 0.4) is 0 Å². The number of carbonyl (C=O) groups is 1. The molecule has 0 saturated heterocycles.